The number of benzene rings is 2. The third-order valence-electron chi connectivity index (χ3n) is 5.97. The van der Waals surface area contributed by atoms with Gasteiger partial charge in [0.2, 0.25) is 0 Å². The number of ether oxygens (including phenoxy) is 1. The van der Waals surface area contributed by atoms with Crippen molar-refractivity contribution in [2.45, 2.75) is 19.1 Å². The molecule has 1 atom stereocenters. The Morgan fingerprint density at radius 2 is 1.81 bits per heavy atom. The van der Waals surface area contributed by atoms with Crippen LogP contribution in [0.25, 0.3) is 0 Å². The number of piperazine rings is 1. The Balaban J connectivity index is 1.28. The molecule has 2 aromatic carbocycles. The van der Waals surface area contributed by atoms with E-state index in [2.05, 4.69) is 34.1 Å². The van der Waals surface area contributed by atoms with Gasteiger partial charge in [-0.3, -0.25) is 14.6 Å². The molecule has 2 saturated heterocycles. The Morgan fingerprint density at radius 3 is 2.55 bits per heavy atom. The fourth-order valence-corrected chi connectivity index (χ4v) is 4.57. The zero-order valence-corrected chi connectivity index (χ0v) is 18.4. The number of carbonyl (C=O) groups is 1. The highest BCUT2D eigenvalue weighted by Crippen LogP contribution is 2.20. The molecule has 0 aliphatic carbocycles. The summed E-state index contributed by atoms with van der Waals surface area (Å²) in [7, 11) is 0. The van der Waals surface area contributed by atoms with Crippen molar-refractivity contribution in [3.63, 3.8) is 0 Å². The normalized spacial score (nSPS) is 21.1. The van der Waals surface area contributed by atoms with Crippen LogP contribution in [0.15, 0.2) is 48.5 Å². The van der Waals surface area contributed by atoms with Gasteiger partial charge in [-0.25, -0.2) is 4.39 Å². The van der Waals surface area contributed by atoms with Gasteiger partial charge in [-0.15, -0.1) is 0 Å². The number of rotatable bonds is 5. The van der Waals surface area contributed by atoms with Gasteiger partial charge in [-0.05, 0) is 30.2 Å². The number of nitrogens with zero attached hydrogens (tertiary/aromatic N) is 3. The topological polar surface area (TPSA) is 36.0 Å². The summed E-state index contributed by atoms with van der Waals surface area (Å²) in [5, 5.41) is 0.165. The van der Waals surface area contributed by atoms with Crippen molar-refractivity contribution >= 4 is 17.5 Å². The monoisotopic (exact) mass is 445 g/mol. The highest BCUT2D eigenvalue weighted by atomic mass is 35.5. The van der Waals surface area contributed by atoms with Gasteiger partial charge in [0, 0.05) is 59.0 Å². The van der Waals surface area contributed by atoms with E-state index in [1.54, 1.807) is 4.90 Å². The summed E-state index contributed by atoms with van der Waals surface area (Å²) in [5.74, 6) is -0.569. The van der Waals surface area contributed by atoms with E-state index in [9.17, 15) is 9.18 Å². The molecule has 0 spiro atoms. The van der Waals surface area contributed by atoms with E-state index in [1.807, 2.05) is 6.07 Å². The first kappa shape index (κ1) is 22.2. The third kappa shape index (κ3) is 6.04. The lowest BCUT2D eigenvalue weighted by Gasteiger charge is -2.37. The minimum Gasteiger partial charge on any atom is -0.376 e. The molecule has 2 aliphatic heterocycles. The molecule has 2 heterocycles. The molecular formula is C24H29ClFN3O2. The summed E-state index contributed by atoms with van der Waals surface area (Å²) in [6, 6.07) is 14.5. The van der Waals surface area contributed by atoms with E-state index in [0.717, 1.165) is 52.3 Å². The molecule has 4 rings (SSSR count). The summed E-state index contributed by atoms with van der Waals surface area (Å²) < 4.78 is 19.4. The lowest BCUT2D eigenvalue weighted by molar-refractivity contribution is 0.0134. The molecule has 1 unspecified atom stereocenters. The lowest BCUT2D eigenvalue weighted by atomic mass is 10.1. The van der Waals surface area contributed by atoms with Crippen molar-refractivity contribution in [2.75, 3.05) is 52.4 Å². The molecule has 0 radical (unpaired) electrons. The first-order chi connectivity index (χ1) is 15.1. The molecule has 0 saturated carbocycles. The quantitative estimate of drug-likeness (QED) is 0.705. The second kappa shape index (κ2) is 10.6. The maximum Gasteiger partial charge on any atom is 0.255 e. The van der Waals surface area contributed by atoms with Crippen molar-refractivity contribution in [1.29, 1.82) is 0 Å². The molecule has 7 heteroatoms. The third-order valence-corrected chi connectivity index (χ3v) is 6.28. The van der Waals surface area contributed by atoms with Crippen LogP contribution in [0.3, 0.4) is 0 Å². The molecule has 1 amide bonds. The van der Waals surface area contributed by atoms with Crippen molar-refractivity contribution in [1.82, 2.24) is 14.7 Å². The molecule has 0 N–H and O–H groups in total. The lowest BCUT2D eigenvalue weighted by Crippen LogP contribution is -2.51. The van der Waals surface area contributed by atoms with Gasteiger partial charge in [0.1, 0.15) is 5.82 Å². The predicted molar refractivity (Wildman–Crippen MR) is 120 cm³/mol. The van der Waals surface area contributed by atoms with Gasteiger partial charge >= 0.3 is 0 Å². The van der Waals surface area contributed by atoms with Gasteiger partial charge < -0.3 is 9.64 Å². The van der Waals surface area contributed by atoms with E-state index in [4.69, 9.17) is 16.3 Å². The van der Waals surface area contributed by atoms with Crippen LogP contribution in [0.4, 0.5) is 4.39 Å². The summed E-state index contributed by atoms with van der Waals surface area (Å²) >= 11 is 6.07. The SMILES string of the molecule is O=C(c1ccc(F)cc1Cl)N1CCN(CC2CN(Cc3ccccc3)CCCO2)CC1. The fraction of sp³-hybridized carbons (Fsp3) is 0.458. The van der Waals surface area contributed by atoms with Crippen LogP contribution in [-0.2, 0) is 11.3 Å². The van der Waals surface area contributed by atoms with Crippen molar-refractivity contribution < 1.29 is 13.9 Å². The first-order valence-corrected chi connectivity index (χ1v) is 11.3. The Hall–Kier alpha value is -1.99. The van der Waals surface area contributed by atoms with Crippen LogP contribution in [0.1, 0.15) is 22.3 Å². The molecule has 0 aromatic heterocycles. The van der Waals surface area contributed by atoms with E-state index < -0.39 is 5.82 Å². The standard InChI is InChI=1S/C24H29ClFN3O2/c25-23-15-20(26)7-8-22(23)24(30)29-12-10-27(11-13-29)17-21-18-28(9-4-14-31-21)16-19-5-2-1-3-6-19/h1-3,5-8,15,21H,4,9-14,16-18H2. The Morgan fingerprint density at radius 1 is 1.03 bits per heavy atom. The van der Waals surface area contributed by atoms with E-state index in [1.165, 1.54) is 23.8 Å². The van der Waals surface area contributed by atoms with Gasteiger partial charge in [0.25, 0.3) is 5.91 Å². The second-order valence-corrected chi connectivity index (χ2v) is 8.69. The number of hydrogen-bond donors (Lipinski definition) is 0. The van der Waals surface area contributed by atoms with Gasteiger partial charge in [0.05, 0.1) is 16.7 Å². The molecule has 2 fully saturated rings. The molecule has 166 valence electrons. The largest absolute Gasteiger partial charge is 0.376 e. The van der Waals surface area contributed by atoms with Crippen LogP contribution in [-0.4, -0.2) is 79.1 Å². The summed E-state index contributed by atoms with van der Waals surface area (Å²) in [6.45, 7) is 7.42. The minimum absolute atomic E-state index is 0.135. The molecule has 31 heavy (non-hydrogen) atoms. The van der Waals surface area contributed by atoms with Gasteiger partial charge in [-0.2, -0.15) is 0 Å². The smallest absolute Gasteiger partial charge is 0.255 e. The second-order valence-electron chi connectivity index (χ2n) is 8.28. The minimum atomic E-state index is -0.434. The van der Waals surface area contributed by atoms with Crippen molar-refractivity contribution in [3.05, 3.63) is 70.5 Å². The number of hydrogen-bond acceptors (Lipinski definition) is 4. The number of halogens is 2. The highest BCUT2D eigenvalue weighted by molar-refractivity contribution is 6.33. The summed E-state index contributed by atoms with van der Waals surface area (Å²) in [6.07, 6.45) is 1.21. The van der Waals surface area contributed by atoms with Gasteiger partial charge in [-0.1, -0.05) is 41.9 Å². The zero-order valence-electron chi connectivity index (χ0n) is 17.7. The predicted octanol–water partition coefficient (Wildman–Crippen LogP) is 3.53. The molecular weight excluding hydrogens is 417 g/mol. The maximum atomic E-state index is 13.3. The fourth-order valence-electron chi connectivity index (χ4n) is 4.32. The Kier molecular flexibility index (Phi) is 7.56. The summed E-state index contributed by atoms with van der Waals surface area (Å²) in [5.41, 5.74) is 1.69. The Bertz CT molecular complexity index is 874. The zero-order chi connectivity index (χ0) is 21.6. The average Bonchev–Trinajstić information content (AvgIpc) is 2.99. The molecule has 2 aromatic rings. The van der Waals surface area contributed by atoms with Crippen LogP contribution >= 0.6 is 11.6 Å². The highest BCUT2D eigenvalue weighted by Gasteiger charge is 2.27. The van der Waals surface area contributed by atoms with Crippen LogP contribution < -0.4 is 0 Å². The van der Waals surface area contributed by atoms with Crippen LogP contribution in [0.2, 0.25) is 5.02 Å². The van der Waals surface area contributed by atoms with Gasteiger partial charge in [0.15, 0.2) is 0 Å². The van der Waals surface area contributed by atoms with E-state index in [-0.39, 0.29) is 17.0 Å². The van der Waals surface area contributed by atoms with Crippen molar-refractivity contribution in [3.8, 4) is 0 Å². The van der Waals surface area contributed by atoms with E-state index in [0.29, 0.717) is 18.7 Å². The summed E-state index contributed by atoms with van der Waals surface area (Å²) in [4.78, 5) is 19.4. The van der Waals surface area contributed by atoms with Crippen LogP contribution in [0.5, 0.6) is 0 Å². The van der Waals surface area contributed by atoms with E-state index >= 15 is 0 Å². The number of carbonyl (C=O) groups excluding carboxylic acids is 1. The molecule has 5 nitrogen and oxygen atoms in total. The number of amides is 1. The van der Waals surface area contributed by atoms with Crippen LogP contribution in [0, 0.1) is 5.82 Å². The van der Waals surface area contributed by atoms with Crippen molar-refractivity contribution in [2.24, 2.45) is 0 Å². The Labute approximate surface area is 188 Å². The molecule has 2 aliphatic rings. The average molecular weight is 446 g/mol. The maximum absolute atomic E-state index is 13.3. The first-order valence-electron chi connectivity index (χ1n) is 10.9. The molecule has 0 bridgehead atoms.